The molecule has 1 aromatic carbocycles. The van der Waals surface area contributed by atoms with E-state index in [0.29, 0.717) is 48.0 Å². The second-order valence-electron chi connectivity index (χ2n) is 7.22. The minimum Gasteiger partial charge on any atom is -0.489 e. The number of carbonyl (C=O) groups is 2. The zero-order valence-electron chi connectivity index (χ0n) is 17.2. The molecule has 1 aliphatic heterocycles. The fourth-order valence-electron chi connectivity index (χ4n) is 3.75. The van der Waals surface area contributed by atoms with E-state index in [1.165, 1.54) is 0 Å². The number of hydrogen-bond donors (Lipinski definition) is 2. The number of nitrogens with one attached hydrogen (secondary N) is 1. The third-order valence-corrected chi connectivity index (χ3v) is 5.13. The first-order valence-electron chi connectivity index (χ1n) is 9.88. The summed E-state index contributed by atoms with van der Waals surface area (Å²) in [7, 11) is 0. The van der Waals surface area contributed by atoms with Gasteiger partial charge in [-0.15, -0.1) is 0 Å². The average molecular weight is 408 g/mol. The van der Waals surface area contributed by atoms with E-state index in [1.54, 1.807) is 22.9 Å². The summed E-state index contributed by atoms with van der Waals surface area (Å²) in [4.78, 5) is 29.3. The molecule has 2 amide bonds. The lowest BCUT2D eigenvalue weighted by Gasteiger charge is -2.26. The van der Waals surface area contributed by atoms with Gasteiger partial charge in [-0.2, -0.15) is 5.10 Å². The summed E-state index contributed by atoms with van der Waals surface area (Å²) < 4.78 is 9.53. The van der Waals surface area contributed by atoms with E-state index in [1.807, 2.05) is 37.5 Å². The molecule has 1 aliphatic rings. The summed E-state index contributed by atoms with van der Waals surface area (Å²) in [5.41, 5.74) is 8.28. The van der Waals surface area contributed by atoms with E-state index in [9.17, 15) is 9.59 Å². The van der Waals surface area contributed by atoms with Crippen LogP contribution in [0, 0.1) is 6.92 Å². The first-order chi connectivity index (χ1) is 14.4. The molecule has 0 radical (unpaired) electrons. The van der Waals surface area contributed by atoms with Crippen LogP contribution in [-0.4, -0.2) is 37.8 Å². The number of benzene rings is 1. The Labute approximate surface area is 173 Å². The van der Waals surface area contributed by atoms with E-state index in [0.717, 1.165) is 11.2 Å². The van der Waals surface area contributed by atoms with Crippen LogP contribution in [-0.2, 0) is 6.54 Å². The van der Waals surface area contributed by atoms with Gasteiger partial charge in [0.25, 0.3) is 5.91 Å². The zero-order valence-corrected chi connectivity index (χ0v) is 17.2. The highest BCUT2D eigenvalue weighted by Gasteiger charge is 2.29. The van der Waals surface area contributed by atoms with Crippen LogP contribution in [0.3, 0.4) is 0 Å². The average Bonchev–Trinajstić information content (AvgIpc) is 3.28. The minimum absolute atomic E-state index is 0.0498. The number of aryl methyl sites for hydroxylation is 2. The molecule has 9 nitrogen and oxygen atoms in total. The molecule has 0 saturated heterocycles. The second kappa shape index (κ2) is 7.66. The molecular formula is C21H24N6O3. The number of nitrogens with two attached hydrogens (primary N) is 1. The molecule has 4 rings (SSSR count). The van der Waals surface area contributed by atoms with E-state index in [-0.39, 0.29) is 11.9 Å². The third-order valence-electron chi connectivity index (χ3n) is 5.13. The van der Waals surface area contributed by atoms with E-state index in [4.69, 9.17) is 10.5 Å². The standard InChI is InChI=1S/C21H24N6O3/c1-4-6-7-14-11-30-17-10-13(19(22)28)9-15-18(17)27(14)21(23-15)24-20(29)16-8-12(3)25-26(16)5-2/h4,6,8-10,14H,5,7,11H2,1-3H3,(H2,22,28)(H,23,24,29)/b6-4+/t14-/m0/s1. The number of nitrogens with zero attached hydrogens (tertiary/aromatic N) is 4. The molecular weight excluding hydrogens is 384 g/mol. The summed E-state index contributed by atoms with van der Waals surface area (Å²) in [5, 5.41) is 7.26. The molecule has 0 spiro atoms. The maximum absolute atomic E-state index is 13.0. The lowest BCUT2D eigenvalue weighted by molar-refractivity contribution is 0.0995. The Morgan fingerprint density at radius 2 is 2.17 bits per heavy atom. The normalized spacial score (nSPS) is 15.5. The smallest absolute Gasteiger partial charge is 0.276 e. The molecule has 3 N–H and O–H groups in total. The summed E-state index contributed by atoms with van der Waals surface area (Å²) in [6.07, 6.45) is 4.73. The van der Waals surface area contributed by atoms with Crippen molar-refractivity contribution >= 4 is 28.8 Å². The molecule has 3 heterocycles. The molecule has 1 atom stereocenters. The molecule has 156 valence electrons. The first-order valence-corrected chi connectivity index (χ1v) is 9.88. The number of primary amides is 1. The Morgan fingerprint density at radius 1 is 1.37 bits per heavy atom. The maximum atomic E-state index is 13.0. The Hall–Kier alpha value is -3.62. The number of imidazole rings is 1. The van der Waals surface area contributed by atoms with Crippen LogP contribution in [0.5, 0.6) is 5.75 Å². The number of carbonyl (C=O) groups excluding carboxylic acids is 2. The van der Waals surface area contributed by atoms with Gasteiger partial charge in [0.1, 0.15) is 23.6 Å². The van der Waals surface area contributed by atoms with Crippen molar-refractivity contribution in [2.24, 2.45) is 5.73 Å². The highest BCUT2D eigenvalue weighted by atomic mass is 16.5. The molecule has 0 aliphatic carbocycles. The molecule has 9 heteroatoms. The van der Waals surface area contributed by atoms with Crippen LogP contribution < -0.4 is 15.8 Å². The van der Waals surface area contributed by atoms with Gasteiger partial charge >= 0.3 is 0 Å². The molecule has 0 unspecified atom stereocenters. The molecule has 0 bridgehead atoms. The quantitative estimate of drug-likeness (QED) is 0.608. The number of amides is 2. The Morgan fingerprint density at radius 3 is 2.87 bits per heavy atom. The Bertz CT molecular complexity index is 1170. The van der Waals surface area contributed by atoms with Gasteiger partial charge in [0.05, 0.1) is 17.3 Å². The summed E-state index contributed by atoms with van der Waals surface area (Å²) in [6.45, 7) is 6.70. The van der Waals surface area contributed by atoms with E-state index in [2.05, 4.69) is 15.4 Å². The summed E-state index contributed by atoms with van der Waals surface area (Å²) in [5.74, 6) is 0.0739. The number of anilines is 1. The van der Waals surface area contributed by atoms with Crippen molar-refractivity contribution < 1.29 is 14.3 Å². The van der Waals surface area contributed by atoms with Crippen LogP contribution in [0.2, 0.25) is 0 Å². The van der Waals surface area contributed by atoms with E-state index >= 15 is 0 Å². The maximum Gasteiger partial charge on any atom is 0.276 e. The molecule has 2 aromatic heterocycles. The van der Waals surface area contributed by atoms with Crippen LogP contribution in [0.1, 0.15) is 52.9 Å². The third kappa shape index (κ3) is 3.32. The highest BCUT2D eigenvalue weighted by Crippen LogP contribution is 2.38. The van der Waals surface area contributed by atoms with Gasteiger partial charge < -0.3 is 10.5 Å². The van der Waals surface area contributed by atoms with Crippen LogP contribution in [0.15, 0.2) is 30.4 Å². The van der Waals surface area contributed by atoms with Crippen molar-refractivity contribution in [3.8, 4) is 5.75 Å². The van der Waals surface area contributed by atoms with Crippen molar-refractivity contribution in [1.29, 1.82) is 0 Å². The summed E-state index contributed by atoms with van der Waals surface area (Å²) >= 11 is 0. The molecule has 30 heavy (non-hydrogen) atoms. The molecule has 0 fully saturated rings. The van der Waals surface area contributed by atoms with Gasteiger partial charge in [-0.25, -0.2) is 4.98 Å². The predicted octanol–water partition coefficient (Wildman–Crippen LogP) is 2.81. The van der Waals surface area contributed by atoms with Gasteiger partial charge in [0, 0.05) is 12.1 Å². The van der Waals surface area contributed by atoms with Gasteiger partial charge in [-0.3, -0.25) is 24.2 Å². The van der Waals surface area contributed by atoms with Crippen molar-refractivity contribution in [3.63, 3.8) is 0 Å². The second-order valence-corrected chi connectivity index (χ2v) is 7.22. The zero-order chi connectivity index (χ0) is 21.4. The topological polar surface area (TPSA) is 117 Å². The van der Waals surface area contributed by atoms with Crippen LogP contribution in [0.25, 0.3) is 11.0 Å². The Balaban J connectivity index is 1.82. The molecule has 3 aromatic rings. The number of rotatable bonds is 6. The van der Waals surface area contributed by atoms with Gasteiger partial charge in [-0.1, -0.05) is 12.2 Å². The monoisotopic (exact) mass is 408 g/mol. The van der Waals surface area contributed by atoms with Gasteiger partial charge in [0.2, 0.25) is 11.9 Å². The SMILES string of the molecule is C/C=C/C[C@H]1COc2cc(C(N)=O)cc3nc(NC(=O)c4cc(C)nn4CC)n1c23. The van der Waals surface area contributed by atoms with Gasteiger partial charge in [0.15, 0.2) is 0 Å². The number of aromatic nitrogens is 4. The Kier molecular flexibility index (Phi) is 5.03. The first kappa shape index (κ1) is 19.7. The number of hydrogen-bond acceptors (Lipinski definition) is 5. The lowest BCUT2D eigenvalue weighted by atomic mass is 10.1. The largest absolute Gasteiger partial charge is 0.489 e. The predicted molar refractivity (Wildman–Crippen MR) is 113 cm³/mol. The molecule has 0 saturated carbocycles. The van der Waals surface area contributed by atoms with E-state index < -0.39 is 5.91 Å². The fraction of sp³-hybridized carbons (Fsp3) is 0.333. The fourth-order valence-corrected chi connectivity index (χ4v) is 3.75. The summed E-state index contributed by atoms with van der Waals surface area (Å²) in [6, 6.07) is 4.94. The van der Waals surface area contributed by atoms with Crippen molar-refractivity contribution in [2.75, 3.05) is 11.9 Å². The number of allylic oxidation sites excluding steroid dienone is 2. The van der Waals surface area contributed by atoms with Gasteiger partial charge in [-0.05, 0) is 45.4 Å². The van der Waals surface area contributed by atoms with Crippen molar-refractivity contribution in [3.05, 3.63) is 47.3 Å². The lowest BCUT2D eigenvalue weighted by Crippen LogP contribution is -2.26. The highest BCUT2D eigenvalue weighted by molar-refractivity contribution is 6.04. The van der Waals surface area contributed by atoms with Crippen molar-refractivity contribution in [1.82, 2.24) is 19.3 Å². The minimum atomic E-state index is -0.560. The number of ether oxygens (including phenoxy) is 1. The van der Waals surface area contributed by atoms with Crippen molar-refractivity contribution in [2.45, 2.75) is 39.8 Å². The van der Waals surface area contributed by atoms with Crippen LogP contribution in [0.4, 0.5) is 5.95 Å². The van der Waals surface area contributed by atoms with Crippen LogP contribution >= 0.6 is 0 Å².